The Morgan fingerprint density at radius 2 is 1.86 bits per heavy atom. The minimum absolute atomic E-state index is 0.105. The highest BCUT2D eigenvalue weighted by molar-refractivity contribution is 5.94. The minimum atomic E-state index is -0.781. The van der Waals surface area contributed by atoms with E-state index >= 15 is 0 Å². The largest absolute Gasteiger partial charge is 0.508 e. The van der Waals surface area contributed by atoms with Gasteiger partial charge in [0, 0.05) is 19.2 Å². The van der Waals surface area contributed by atoms with E-state index in [1.165, 1.54) is 17.0 Å². The molecule has 0 heterocycles. The van der Waals surface area contributed by atoms with Crippen molar-refractivity contribution in [3.63, 3.8) is 0 Å². The summed E-state index contributed by atoms with van der Waals surface area (Å²) < 4.78 is 13.8. The zero-order chi connectivity index (χ0) is 15.2. The number of halogens is 1. The van der Waals surface area contributed by atoms with Gasteiger partial charge in [-0.15, -0.1) is 0 Å². The Labute approximate surface area is 122 Å². The van der Waals surface area contributed by atoms with Gasteiger partial charge < -0.3 is 15.1 Å². The molecule has 0 spiro atoms. The summed E-state index contributed by atoms with van der Waals surface area (Å²) in [7, 11) is 0. The van der Waals surface area contributed by atoms with E-state index in [-0.39, 0.29) is 31.0 Å². The van der Waals surface area contributed by atoms with Crippen LogP contribution in [0.15, 0.2) is 48.5 Å². The molecule has 2 aromatic carbocycles. The zero-order valence-electron chi connectivity index (χ0n) is 11.4. The summed E-state index contributed by atoms with van der Waals surface area (Å²) >= 11 is 0. The van der Waals surface area contributed by atoms with Gasteiger partial charge in [-0.3, -0.25) is 4.79 Å². The van der Waals surface area contributed by atoms with Gasteiger partial charge in [-0.1, -0.05) is 30.3 Å². The number of hydrogen-bond acceptors (Lipinski definition) is 3. The topological polar surface area (TPSA) is 60.8 Å². The number of phenolic OH excluding ortho intramolecular Hbond substituents is 1. The monoisotopic (exact) mass is 289 g/mol. The summed E-state index contributed by atoms with van der Waals surface area (Å²) in [5.74, 6) is -1.54. The molecule has 0 atom stereocenters. The van der Waals surface area contributed by atoms with Crippen LogP contribution in [0.4, 0.5) is 4.39 Å². The lowest BCUT2D eigenvalue weighted by Crippen LogP contribution is -2.33. The summed E-state index contributed by atoms with van der Waals surface area (Å²) in [6.07, 6.45) is 0. The van der Waals surface area contributed by atoms with Crippen molar-refractivity contribution in [3.8, 4) is 5.75 Å². The number of aliphatic hydroxyl groups excluding tert-OH is 1. The molecule has 0 saturated heterocycles. The SMILES string of the molecule is O=C(c1ccc(O)cc1F)N(CCO)Cc1ccccc1. The predicted molar refractivity (Wildman–Crippen MR) is 76.3 cm³/mol. The van der Waals surface area contributed by atoms with Crippen molar-refractivity contribution in [1.29, 1.82) is 0 Å². The molecule has 0 saturated carbocycles. The fourth-order valence-corrected chi connectivity index (χ4v) is 2.02. The van der Waals surface area contributed by atoms with Crippen LogP contribution in [0.5, 0.6) is 5.75 Å². The van der Waals surface area contributed by atoms with Gasteiger partial charge in [0.15, 0.2) is 0 Å². The number of hydrogen-bond donors (Lipinski definition) is 2. The third-order valence-corrected chi connectivity index (χ3v) is 3.06. The van der Waals surface area contributed by atoms with E-state index in [1.54, 1.807) is 0 Å². The number of nitrogens with zero attached hydrogens (tertiary/aromatic N) is 1. The molecule has 5 heteroatoms. The zero-order valence-corrected chi connectivity index (χ0v) is 11.4. The van der Waals surface area contributed by atoms with E-state index in [0.717, 1.165) is 11.6 Å². The van der Waals surface area contributed by atoms with Crippen LogP contribution in [0, 0.1) is 5.82 Å². The van der Waals surface area contributed by atoms with Crippen LogP contribution in [0.2, 0.25) is 0 Å². The standard InChI is InChI=1S/C16H16FNO3/c17-15-10-13(20)6-7-14(15)16(21)18(8-9-19)11-12-4-2-1-3-5-12/h1-7,10,19-20H,8-9,11H2. The summed E-state index contributed by atoms with van der Waals surface area (Å²) in [6.45, 7) is 0.173. The van der Waals surface area contributed by atoms with Crippen molar-refractivity contribution in [2.24, 2.45) is 0 Å². The Morgan fingerprint density at radius 3 is 2.48 bits per heavy atom. The number of carbonyl (C=O) groups is 1. The Morgan fingerprint density at radius 1 is 1.14 bits per heavy atom. The number of benzene rings is 2. The third-order valence-electron chi connectivity index (χ3n) is 3.06. The molecule has 0 aliphatic rings. The Bertz CT molecular complexity index is 616. The smallest absolute Gasteiger partial charge is 0.257 e. The van der Waals surface area contributed by atoms with Crippen LogP contribution in [-0.2, 0) is 6.54 Å². The highest BCUT2D eigenvalue weighted by Crippen LogP contribution is 2.18. The van der Waals surface area contributed by atoms with Gasteiger partial charge in [0.25, 0.3) is 5.91 Å². The molecule has 0 aliphatic carbocycles. The Kier molecular flexibility index (Phi) is 4.90. The van der Waals surface area contributed by atoms with Crippen LogP contribution in [0.25, 0.3) is 0 Å². The predicted octanol–water partition coefficient (Wildman–Crippen LogP) is 2.17. The maximum absolute atomic E-state index is 13.8. The lowest BCUT2D eigenvalue weighted by molar-refractivity contribution is 0.0703. The molecular weight excluding hydrogens is 273 g/mol. The molecule has 0 fully saturated rings. The lowest BCUT2D eigenvalue weighted by Gasteiger charge is -2.22. The van der Waals surface area contributed by atoms with Gasteiger partial charge in [0.2, 0.25) is 0 Å². The van der Waals surface area contributed by atoms with E-state index < -0.39 is 11.7 Å². The van der Waals surface area contributed by atoms with Crippen molar-refractivity contribution in [2.45, 2.75) is 6.54 Å². The molecule has 2 aromatic rings. The molecule has 4 nitrogen and oxygen atoms in total. The summed E-state index contributed by atoms with van der Waals surface area (Å²) in [5.41, 5.74) is 0.760. The van der Waals surface area contributed by atoms with Gasteiger partial charge in [0.1, 0.15) is 11.6 Å². The molecule has 0 bridgehead atoms. The molecule has 0 unspecified atom stereocenters. The molecule has 0 radical (unpaired) electrons. The van der Waals surface area contributed by atoms with Crippen LogP contribution in [0.1, 0.15) is 15.9 Å². The van der Waals surface area contributed by atoms with Crippen molar-refractivity contribution in [2.75, 3.05) is 13.2 Å². The number of rotatable bonds is 5. The first-order valence-electron chi connectivity index (χ1n) is 6.54. The average Bonchev–Trinajstić information content (AvgIpc) is 2.47. The van der Waals surface area contributed by atoms with E-state index in [4.69, 9.17) is 5.11 Å². The molecule has 0 aliphatic heterocycles. The highest BCUT2D eigenvalue weighted by Gasteiger charge is 2.19. The summed E-state index contributed by atoms with van der Waals surface area (Å²) in [5, 5.41) is 18.3. The van der Waals surface area contributed by atoms with Crippen molar-refractivity contribution in [1.82, 2.24) is 4.90 Å². The van der Waals surface area contributed by atoms with Gasteiger partial charge in [-0.25, -0.2) is 4.39 Å². The van der Waals surface area contributed by atoms with Crippen molar-refractivity contribution in [3.05, 3.63) is 65.5 Å². The van der Waals surface area contributed by atoms with Gasteiger partial charge >= 0.3 is 0 Å². The van der Waals surface area contributed by atoms with E-state index in [2.05, 4.69) is 0 Å². The molecule has 110 valence electrons. The second kappa shape index (κ2) is 6.85. The molecule has 2 N–H and O–H groups in total. The van der Waals surface area contributed by atoms with Crippen LogP contribution < -0.4 is 0 Å². The lowest BCUT2D eigenvalue weighted by atomic mass is 10.1. The van der Waals surface area contributed by atoms with Crippen LogP contribution in [-0.4, -0.2) is 34.2 Å². The first kappa shape index (κ1) is 15.0. The first-order valence-corrected chi connectivity index (χ1v) is 6.54. The maximum atomic E-state index is 13.8. The number of phenols is 1. The van der Waals surface area contributed by atoms with E-state index in [0.29, 0.717) is 0 Å². The molecule has 21 heavy (non-hydrogen) atoms. The fraction of sp³-hybridized carbons (Fsp3) is 0.188. The highest BCUT2D eigenvalue weighted by atomic mass is 19.1. The normalized spacial score (nSPS) is 10.4. The molecular formula is C16H16FNO3. The van der Waals surface area contributed by atoms with E-state index in [1.807, 2.05) is 30.3 Å². The Balaban J connectivity index is 2.23. The Hall–Kier alpha value is -2.40. The van der Waals surface area contributed by atoms with Crippen LogP contribution in [0.3, 0.4) is 0 Å². The summed E-state index contributed by atoms with van der Waals surface area (Å²) in [6, 6.07) is 12.7. The van der Waals surface area contributed by atoms with Gasteiger partial charge in [-0.05, 0) is 17.7 Å². The quantitative estimate of drug-likeness (QED) is 0.886. The second-order valence-corrected chi connectivity index (χ2v) is 4.60. The number of aromatic hydroxyl groups is 1. The first-order chi connectivity index (χ1) is 10.1. The fourth-order valence-electron chi connectivity index (χ4n) is 2.02. The second-order valence-electron chi connectivity index (χ2n) is 4.60. The maximum Gasteiger partial charge on any atom is 0.257 e. The number of aliphatic hydroxyl groups is 1. The van der Waals surface area contributed by atoms with Crippen LogP contribution >= 0.6 is 0 Å². The van der Waals surface area contributed by atoms with Crippen molar-refractivity contribution < 1.29 is 19.4 Å². The summed E-state index contributed by atoms with van der Waals surface area (Å²) in [4.78, 5) is 13.7. The third kappa shape index (κ3) is 3.79. The van der Waals surface area contributed by atoms with E-state index in [9.17, 15) is 14.3 Å². The van der Waals surface area contributed by atoms with Gasteiger partial charge in [-0.2, -0.15) is 0 Å². The molecule has 2 rings (SSSR count). The minimum Gasteiger partial charge on any atom is -0.508 e. The molecule has 0 aromatic heterocycles. The number of carbonyl (C=O) groups excluding carboxylic acids is 1. The number of amides is 1. The van der Waals surface area contributed by atoms with Crippen molar-refractivity contribution >= 4 is 5.91 Å². The molecule has 1 amide bonds. The van der Waals surface area contributed by atoms with Gasteiger partial charge in [0.05, 0.1) is 12.2 Å². The average molecular weight is 289 g/mol.